The first-order valence-corrected chi connectivity index (χ1v) is 7.28. The van der Waals surface area contributed by atoms with Gasteiger partial charge in [-0.1, -0.05) is 17.7 Å². The van der Waals surface area contributed by atoms with Crippen molar-refractivity contribution in [3.63, 3.8) is 0 Å². The number of hydrogen-bond donors (Lipinski definition) is 1. The summed E-state index contributed by atoms with van der Waals surface area (Å²) >= 11 is 6.07. The Balaban J connectivity index is 1.97. The van der Waals surface area contributed by atoms with Crippen molar-refractivity contribution in [2.24, 2.45) is 0 Å². The molecule has 5 heteroatoms. The molecular formula is C15H24ClNO3. The number of aryl methyl sites for hydroxylation is 1. The van der Waals surface area contributed by atoms with E-state index >= 15 is 0 Å². The number of methoxy groups -OCH3 is 1. The van der Waals surface area contributed by atoms with Gasteiger partial charge in [-0.25, -0.2) is 0 Å². The molecule has 0 fully saturated rings. The summed E-state index contributed by atoms with van der Waals surface area (Å²) < 4.78 is 16.0. The maximum Gasteiger partial charge on any atom is 0.138 e. The summed E-state index contributed by atoms with van der Waals surface area (Å²) in [4.78, 5) is 0. The van der Waals surface area contributed by atoms with Crippen LogP contribution in [0.2, 0.25) is 5.02 Å². The summed E-state index contributed by atoms with van der Waals surface area (Å²) in [5.74, 6) is 0.707. The Kier molecular flexibility index (Phi) is 9.41. The molecule has 0 unspecified atom stereocenters. The van der Waals surface area contributed by atoms with Crippen molar-refractivity contribution in [1.29, 1.82) is 0 Å². The highest BCUT2D eigenvalue weighted by molar-refractivity contribution is 6.32. The van der Waals surface area contributed by atoms with Crippen LogP contribution in [0.1, 0.15) is 12.0 Å². The minimum Gasteiger partial charge on any atom is -0.490 e. The molecule has 0 spiro atoms. The molecule has 1 rings (SSSR count). The highest BCUT2D eigenvalue weighted by Crippen LogP contribution is 2.24. The van der Waals surface area contributed by atoms with Crippen LogP contribution in [0.3, 0.4) is 0 Å². The Bertz CT molecular complexity index is 374. The molecule has 1 aromatic carbocycles. The molecular weight excluding hydrogens is 278 g/mol. The van der Waals surface area contributed by atoms with E-state index in [-0.39, 0.29) is 0 Å². The van der Waals surface area contributed by atoms with Gasteiger partial charge >= 0.3 is 0 Å². The maximum atomic E-state index is 6.07. The van der Waals surface area contributed by atoms with Crippen molar-refractivity contribution in [1.82, 2.24) is 5.32 Å². The van der Waals surface area contributed by atoms with Crippen LogP contribution in [0, 0.1) is 6.92 Å². The normalized spacial score (nSPS) is 10.8. The van der Waals surface area contributed by atoms with Gasteiger partial charge < -0.3 is 19.5 Å². The predicted molar refractivity (Wildman–Crippen MR) is 81.9 cm³/mol. The van der Waals surface area contributed by atoms with Crippen LogP contribution < -0.4 is 10.1 Å². The van der Waals surface area contributed by atoms with E-state index in [1.54, 1.807) is 7.11 Å². The molecule has 0 saturated carbocycles. The third-order valence-electron chi connectivity index (χ3n) is 2.70. The van der Waals surface area contributed by atoms with Gasteiger partial charge in [0.25, 0.3) is 0 Å². The van der Waals surface area contributed by atoms with Gasteiger partial charge in [0.1, 0.15) is 12.4 Å². The zero-order valence-corrected chi connectivity index (χ0v) is 13.0. The highest BCUT2D eigenvalue weighted by Gasteiger charge is 2.00. The molecule has 1 N–H and O–H groups in total. The average molecular weight is 302 g/mol. The largest absolute Gasteiger partial charge is 0.490 e. The summed E-state index contributed by atoms with van der Waals surface area (Å²) in [5, 5.41) is 3.92. The van der Waals surface area contributed by atoms with E-state index < -0.39 is 0 Å². The molecule has 0 amide bonds. The molecule has 0 aliphatic rings. The minimum atomic E-state index is 0.506. The van der Waals surface area contributed by atoms with Gasteiger partial charge in [-0.05, 0) is 37.6 Å². The van der Waals surface area contributed by atoms with Crippen molar-refractivity contribution < 1.29 is 14.2 Å². The van der Waals surface area contributed by atoms with Gasteiger partial charge in [0.2, 0.25) is 0 Å². The Morgan fingerprint density at radius 3 is 2.70 bits per heavy atom. The monoisotopic (exact) mass is 301 g/mol. The van der Waals surface area contributed by atoms with Crippen molar-refractivity contribution >= 4 is 11.6 Å². The smallest absolute Gasteiger partial charge is 0.138 e. The summed E-state index contributed by atoms with van der Waals surface area (Å²) in [6.07, 6.45) is 1.02. The second-order valence-electron chi connectivity index (χ2n) is 4.49. The predicted octanol–water partition coefficient (Wildman–Crippen LogP) is 2.67. The van der Waals surface area contributed by atoms with E-state index in [4.69, 9.17) is 25.8 Å². The zero-order valence-electron chi connectivity index (χ0n) is 12.3. The highest BCUT2D eigenvalue weighted by atomic mass is 35.5. The van der Waals surface area contributed by atoms with Crippen molar-refractivity contribution in [2.45, 2.75) is 13.3 Å². The average Bonchev–Trinajstić information content (AvgIpc) is 2.43. The number of benzene rings is 1. The number of nitrogens with one attached hydrogen (secondary N) is 1. The first-order valence-electron chi connectivity index (χ1n) is 6.90. The van der Waals surface area contributed by atoms with E-state index in [0.29, 0.717) is 30.6 Å². The number of ether oxygens (including phenoxy) is 3. The SMILES string of the molecule is COCCCNCCOCCOc1ccc(C)cc1Cl. The van der Waals surface area contributed by atoms with Gasteiger partial charge in [0, 0.05) is 20.3 Å². The number of rotatable bonds is 11. The topological polar surface area (TPSA) is 39.7 Å². The molecule has 1 aromatic rings. The Labute approximate surface area is 126 Å². The summed E-state index contributed by atoms with van der Waals surface area (Å²) in [5.41, 5.74) is 1.12. The summed E-state index contributed by atoms with van der Waals surface area (Å²) in [6, 6.07) is 5.75. The van der Waals surface area contributed by atoms with Gasteiger partial charge in [-0.3, -0.25) is 0 Å². The van der Waals surface area contributed by atoms with E-state index in [1.165, 1.54) is 0 Å². The van der Waals surface area contributed by atoms with Crippen LogP contribution in [0.4, 0.5) is 0 Å². The summed E-state index contributed by atoms with van der Waals surface area (Å²) in [6.45, 7) is 6.33. The molecule has 0 saturated heterocycles. The minimum absolute atomic E-state index is 0.506. The fourth-order valence-corrected chi connectivity index (χ4v) is 1.94. The quantitative estimate of drug-likeness (QED) is 0.638. The van der Waals surface area contributed by atoms with Crippen LogP contribution in [0.5, 0.6) is 5.75 Å². The molecule has 0 atom stereocenters. The van der Waals surface area contributed by atoms with Crippen molar-refractivity contribution in [3.8, 4) is 5.75 Å². The van der Waals surface area contributed by atoms with Gasteiger partial charge in [-0.2, -0.15) is 0 Å². The molecule has 0 radical (unpaired) electrons. The summed E-state index contributed by atoms with van der Waals surface area (Å²) in [7, 11) is 1.71. The van der Waals surface area contributed by atoms with Gasteiger partial charge in [-0.15, -0.1) is 0 Å². The fraction of sp³-hybridized carbons (Fsp3) is 0.600. The lowest BCUT2D eigenvalue weighted by molar-refractivity contribution is 0.101. The number of halogens is 1. The Hall–Kier alpha value is -0.810. The lowest BCUT2D eigenvalue weighted by Crippen LogP contribution is -2.22. The molecule has 20 heavy (non-hydrogen) atoms. The van der Waals surface area contributed by atoms with E-state index in [1.807, 2.05) is 25.1 Å². The molecule has 4 nitrogen and oxygen atoms in total. The first-order chi connectivity index (χ1) is 9.74. The lowest BCUT2D eigenvalue weighted by Gasteiger charge is -2.09. The van der Waals surface area contributed by atoms with E-state index in [9.17, 15) is 0 Å². The van der Waals surface area contributed by atoms with Crippen LogP contribution in [0.15, 0.2) is 18.2 Å². The van der Waals surface area contributed by atoms with Crippen LogP contribution >= 0.6 is 11.6 Å². The Morgan fingerprint density at radius 2 is 1.95 bits per heavy atom. The lowest BCUT2D eigenvalue weighted by atomic mass is 10.2. The molecule has 114 valence electrons. The third kappa shape index (κ3) is 7.70. The standard InChI is InChI=1S/C15H24ClNO3/c1-13-4-5-15(14(16)12-13)20-11-10-19-9-7-17-6-3-8-18-2/h4-5,12,17H,3,6-11H2,1-2H3. The maximum absolute atomic E-state index is 6.07. The first kappa shape index (κ1) is 17.2. The second-order valence-corrected chi connectivity index (χ2v) is 4.90. The molecule has 0 aromatic heterocycles. The molecule has 0 bridgehead atoms. The third-order valence-corrected chi connectivity index (χ3v) is 2.99. The fourth-order valence-electron chi connectivity index (χ4n) is 1.65. The van der Waals surface area contributed by atoms with Gasteiger partial charge in [0.05, 0.1) is 18.2 Å². The van der Waals surface area contributed by atoms with Crippen LogP contribution in [0.25, 0.3) is 0 Å². The van der Waals surface area contributed by atoms with Crippen molar-refractivity contribution in [2.75, 3.05) is 46.6 Å². The van der Waals surface area contributed by atoms with Crippen LogP contribution in [-0.4, -0.2) is 46.6 Å². The van der Waals surface area contributed by atoms with E-state index in [0.717, 1.165) is 31.7 Å². The zero-order chi connectivity index (χ0) is 14.6. The van der Waals surface area contributed by atoms with Crippen molar-refractivity contribution in [3.05, 3.63) is 28.8 Å². The molecule has 0 aliphatic heterocycles. The number of hydrogen-bond acceptors (Lipinski definition) is 4. The molecule has 0 heterocycles. The second kappa shape index (κ2) is 10.9. The molecule has 0 aliphatic carbocycles. The van der Waals surface area contributed by atoms with Crippen LogP contribution in [-0.2, 0) is 9.47 Å². The Morgan fingerprint density at radius 1 is 1.10 bits per heavy atom. The van der Waals surface area contributed by atoms with E-state index in [2.05, 4.69) is 5.32 Å². The van der Waals surface area contributed by atoms with Gasteiger partial charge in [0.15, 0.2) is 0 Å².